The molecule has 1 N–H and O–H groups in total. The first-order chi connectivity index (χ1) is 10.1. The molecule has 1 aliphatic rings. The van der Waals surface area contributed by atoms with Gasteiger partial charge in [-0.05, 0) is 38.6 Å². The van der Waals surface area contributed by atoms with E-state index in [0.717, 1.165) is 19.5 Å². The van der Waals surface area contributed by atoms with Crippen LogP contribution < -0.4 is 10.2 Å². The summed E-state index contributed by atoms with van der Waals surface area (Å²) in [5.41, 5.74) is 0. The molecule has 1 saturated carbocycles. The van der Waals surface area contributed by atoms with Gasteiger partial charge in [-0.25, -0.2) is 0 Å². The first-order valence-electron chi connectivity index (χ1n) is 8.45. The van der Waals surface area contributed by atoms with Crippen LogP contribution in [0.4, 0.5) is 6.01 Å². The van der Waals surface area contributed by atoms with Crippen LogP contribution in [0, 0.1) is 5.92 Å². The summed E-state index contributed by atoms with van der Waals surface area (Å²) in [4.78, 5) is 2.35. The summed E-state index contributed by atoms with van der Waals surface area (Å²) in [5.74, 6) is 1.39. The highest BCUT2D eigenvalue weighted by Gasteiger charge is 2.27. The fourth-order valence-corrected chi connectivity index (χ4v) is 2.96. The molecule has 0 aromatic carbocycles. The number of nitrogens with one attached hydrogen (secondary N) is 1. The van der Waals surface area contributed by atoms with Crippen molar-refractivity contribution in [2.75, 3.05) is 18.0 Å². The van der Waals surface area contributed by atoms with E-state index in [1.165, 1.54) is 25.7 Å². The lowest BCUT2D eigenvalue weighted by Crippen LogP contribution is -2.35. The van der Waals surface area contributed by atoms with Crippen LogP contribution >= 0.6 is 0 Å². The van der Waals surface area contributed by atoms with Crippen molar-refractivity contribution in [1.29, 1.82) is 0 Å². The van der Waals surface area contributed by atoms with Gasteiger partial charge in [-0.3, -0.25) is 0 Å². The second kappa shape index (κ2) is 7.78. The summed E-state index contributed by atoms with van der Waals surface area (Å²) in [7, 11) is 0. The van der Waals surface area contributed by atoms with E-state index in [4.69, 9.17) is 4.42 Å². The van der Waals surface area contributed by atoms with Crippen LogP contribution in [0.5, 0.6) is 0 Å². The molecule has 0 amide bonds. The smallest absolute Gasteiger partial charge is 0.318 e. The van der Waals surface area contributed by atoms with E-state index in [-0.39, 0.29) is 6.04 Å². The molecule has 0 radical (unpaired) electrons. The van der Waals surface area contributed by atoms with Crippen LogP contribution in [0.25, 0.3) is 0 Å². The lowest BCUT2D eigenvalue weighted by molar-refractivity contribution is 0.404. The largest absolute Gasteiger partial charge is 0.406 e. The van der Waals surface area contributed by atoms with Crippen LogP contribution in [-0.2, 0) is 0 Å². The van der Waals surface area contributed by atoms with E-state index in [2.05, 4.69) is 48.1 Å². The second-order valence-electron chi connectivity index (χ2n) is 6.52. The van der Waals surface area contributed by atoms with E-state index in [9.17, 15) is 0 Å². The molecule has 1 heterocycles. The van der Waals surface area contributed by atoms with Gasteiger partial charge in [0.1, 0.15) is 0 Å². The van der Waals surface area contributed by atoms with Gasteiger partial charge in [-0.1, -0.05) is 38.7 Å². The van der Waals surface area contributed by atoms with E-state index in [1.807, 2.05) is 0 Å². The molecule has 0 saturated heterocycles. The van der Waals surface area contributed by atoms with Crippen molar-refractivity contribution >= 4 is 6.01 Å². The molecule has 0 aliphatic heterocycles. The van der Waals surface area contributed by atoms with Crippen LogP contribution in [0.1, 0.15) is 71.7 Å². The first kappa shape index (κ1) is 16.3. The summed E-state index contributed by atoms with van der Waals surface area (Å²) in [6, 6.07) is 1.40. The minimum Gasteiger partial charge on any atom is -0.406 e. The summed E-state index contributed by atoms with van der Waals surface area (Å²) < 4.78 is 5.95. The molecule has 1 unspecified atom stereocenters. The predicted octanol–water partition coefficient (Wildman–Crippen LogP) is 3.54. The second-order valence-corrected chi connectivity index (χ2v) is 6.52. The first-order valence-corrected chi connectivity index (χ1v) is 8.45. The number of aromatic nitrogens is 2. The highest BCUT2D eigenvalue weighted by molar-refractivity contribution is 5.27. The molecule has 2 rings (SSSR count). The Labute approximate surface area is 128 Å². The Morgan fingerprint density at radius 2 is 1.95 bits per heavy atom. The quantitative estimate of drug-likeness (QED) is 0.795. The van der Waals surface area contributed by atoms with Crippen molar-refractivity contribution in [1.82, 2.24) is 15.5 Å². The van der Waals surface area contributed by atoms with Crippen molar-refractivity contribution in [2.24, 2.45) is 5.92 Å². The third-order valence-corrected chi connectivity index (χ3v) is 4.27. The third kappa shape index (κ3) is 4.43. The van der Waals surface area contributed by atoms with Crippen LogP contribution in [0.2, 0.25) is 0 Å². The number of hydrogen-bond acceptors (Lipinski definition) is 5. The zero-order valence-electron chi connectivity index (χ0n) is 13.9. The molecule has 0 bridgehead atoms. The molecule has 1 aliphatic carbocycles. The van der Waals surface area contributed by atoms with Gasteiger partial charge < -0.3 is 14.6 Å². The highest BCUT2D eigenvalue weighted by Crippen LogP contribution is 2.29. The van der Waals surface area contributed by atoms with E-state index < -0.39 is 0 Å². The van der Waals surface area contributed by atoms with Crippen LogP contribution in [0.15, 0.2) is 4.42 Å². The number of anilines is 1. The van der Waals surface area contributed by atoms with E-state index in [0.29, 0.717) is 23.9 Å². The molecule has 1 fully saturated rings. The van der Waals surface area contributed by atoms with Gasteiger partial charge in [0.2, 0.25) is 5.89 Å². The van der Waals surface area contributed by atoms with Crippen molar-refractivity contribution in [2.45, 2.75) is 71.9 Å². The molecule has 1 aromatic rings. The Morgan fingerprint density at radius 3 is 2.57 bits per heavy atom. The molecule has 21 heavy (non-hydrogen) atoms. The lowest BCUT2D eigenvalue weighted by atomic mass is 10.1. The van der Waals surface area contributed by atoms with Crippen molar-refractivity contribution in [3.63, 3.8) is 0 Å². The average Bonchev–Trinajstić information content (AvgIpc) is 3.10. The molecule has 0 spiro atoms. The van der Waals surface area contributed by atoms with Crippen molar-refractivity contribution < 1.29 is 4.42 Å². The van der Waals surface area contributed by atoms with Gasteiger partial charge in [-0.15, -0.1) is 5.10 Å². The zero-order chi connectivity index (χ0) is 15.2. The topological polar surface area (TPSA) is 54.2 Å². The maximum atomic E-state index is 5.95. The van der Waals surface area contributed by atoms with Gasteiger partial charge in [-0.2, -0.15) is 0 Å². The number of rotatable bonds is 8. The van der Waals surface area contributed by atoms with Gasteiger partial charge in [0.15, 0.2) is 0 Å². The molecule has 1 aromatic heterocycles. The third-order valence-electron chi connectivity index (χ3n) is 4.27. The van der Waals surface area contributed by atoms with Gasteiger partial charge in [0, 0.05) is 12.6 Å². The molecular formula is C16H30N4O. The van der Waals surface area contributed by atoms with Gasteiger partial charge >= 0.3 is 6.01 Å². The standard InChI is InChI=1S/C16H30N4O/c1-5-17-13(4)15-18-19-16(21-15)20(11-10-12(2)3)14-8-6-7-9-14/h12-14,17H,5-11H2,1-4H3. The zero-order valence-corrected chi connectivity index (χ0v) is 13.9. The summed E-state index contributed by atoms with van der Waals surface area (Å²) in [6.07, 6.45) is 6.30. The monoisotopic (exact) mass is 294 g/mol. The molecule has 1 atom stereocenters. The van der Waals surface area contributed by atoms with E-state index in [1.54, 1.807) is 0 Å². The molecule has 5 nitrogen and oxygen atoms in total. The van der Waals surface area contributed by atoms with Crippen LogP contribution in [-0.4, -0.2) is 29.3 Å². The Balaban J connectivity index is 2.08. The van der Waals surface area contributed by atoms with Crippen molar-refractivity contribution in [3.8, 4) is 0 Å². The lowest BCUT2D eigenvalue weighted by Gasteiger charge is -2.27. The molecule has 120 valence electrons. The van der Waals surface area contributed by atoms with E-state index >= 15 is 0 Å². The predicted molar refractivity (Wildman–Crippen MR) is 85.4 cm³/mol. The number of hydrogen-bond donors (Lipinski definition) is 1. The summed E-state index contributed by atoms with van der Waals surface area (Å²) in [6.45, 7) is 10.6. The minimum atomic E-state index is 0.117. The Bertz CT molecular complexity index is 412. The highest BCUT2D eigenvalue weighted by atomic mass is 16.4. The maximum Gasteiger partial charge on any atom is 0.318 e. The maximum absolute atomic E-state index is 5.95. The van der Waals surface area contributed by atoms with Gasteiger partial charge in [0.05, 0.1) is 6.04 Å². The van der Waals surface area contributed by atoms with Gasteiger partial charge in [0.25, 0.3) is 0 Å². The SMILES string of the molecule is CCNC(C)c1nnc(N(CCC(C)C)C2CCCC2)o1. The fraction of sp³-hybridized carbons (Fsp3) is 0.875. The Morgan fingerprint density at radius 1 is 1.24 bits per heavy atom. The molecule has 5 heteroatoms. The van der Waals surface area contributed by atoms with Crippen LogP contribution in [0.3, 0.4) is 0 Å². The Hall–Kier alpha value is -1.10. The minimum absolute atomic E-state index is 0.117. The average molecular weight is 294 g/mol. The molecular weight excluding hydrogens is 264 g/mol. The number of nitrogens with zero attached hydrogens (tertiary/aromatic N) is 3. The summed E-state index contributed by atoms with van der Waals surface area (Å²) in [5, 5.41) is 11.9. The summed E-state index contributed by atoms with van der Waals surface area (Å²) >= 11 is 0. The normalized spacial score (nSPS) is 17.6. The Kier molecular flexibility index (Phi) is 6.03. The fourth-order valence-electron chi connectivity index (χ4n) is 2.96. The van der Waals surface area contributed by atoms with Crippen molar-refractivity contribution in [3.05, 3.63) is 5.89 Å².